The summed E-state index contributed by atoms with van der Waals surface area (Å²) < 4.78 is 17.6. The van der Waals surface area contributed by atoms with Crippen LogP contribution in [0.3, 0.4) is 0 Å². The van der Waals surface area contributed by atoms with Crippen LogP contribution in [0.5, 0.6) is 11.5 Å². The monoisotopic (exact) mass is 410 g/mol. The van der Waals surface area contributed by atoms with Gasteiger partial charge in [-0.2, -0.15) is 5.10 Å². The van der Waals surface area contributed by atoms with Gasteiger partial charge in [0, 0.05) is 19.2 Å². The molecule has 9 nitrogen and oxygen atoms in total. The number of nitrogens with zero attached hydrogens (tertiary/aromatic N) is 3. The Labute approximate surface area is 173 Å². The summed E-state index contributed by atoms with van der Waals surface area (Å²) in [6, 6.07) is 13.9. The molecular weight excluding hydrogens is 388 g/mol. The Hall–Kier alpha value is -3.85. The van der Waals surface area contributed by atoms with Gasteiger partial charge in [-0.05, 0) is 23.3 Å². The molecular formula is C21H22N4O5. The van der Waals surface area contributed by atoms with Gasteiger partial charge in [0.05, 0.1) is 32.3 Å². The highest BCUT2D eigenvalue weighted by molar-refractivity contribution is 5.94. The largest absolute Gasteiger partial charge is 0.493 e. The maximum absolute atomic E-state index is 12.9. The number of carbonyl (C=O) groups excluding carboxylic acids is 1. The van der Waals surface area contributed by atoms with Gasteiger partial charge >= 0.3 is 0 Å². The number of benzene rings is 2. The predicted molar refractivity (Wildman–Crippen MR) is 111 cm³/mol. The zero-order chi connectivity index (χ0) is 21.5. The number of amides is 1. The highest BCUT2D eigenvalue weighted by Crippen LogP contribution is 2.30. The highest BCUT2D eigenvalue weighted by atomic mass is 16.5. The number of nitrogens with one attached hydrogen (secondary N) is 1. The van der Waals surface area contributed by atoms with Crippen molar-refractivity contribution in [2.75, 3.05) is 26.6 Å². The summed E-state index contributed by atoms with van der Waals surface area (Å²) in [5.41, 5.74) is 2.04. The molecule has 0 aliphatic rings. The minimum absolute atomic E-state index is 0.358. The number of aromatic nitrogens is 2. The Morgan fingerprint density at radius 1 is 1.10 bits per heavy atom. The molecule has 0 saturated heterocycles. The number of anilines is 1. The van der Waals surface area contributed by atoms with E-state index in [1.165, 1.54) is 13.3 Å². The third-order valence-electron chi connectivity index (χ3n) is 4.43. The van der Waals surface area contributed by atoms with Crippen molar-refractivity contribution in [1.82, 2.24) is 9.78 Å². The first-order valence-electron chi connectivity index (χ1n) is 8.98. The van der Waals surface area contributed by atoms with Crippen molar-refractivity contribution < 1.29 is 24.2 Å². The van der Waals surface area contributed by atoms with Crippen LogP contribution in [0.4, 0.5) is 5.82 Å². The lowest BCUT2D eigenvalue weighted by molar-refractivity contribution is -0.126. The normalized spacial score (nSPS) is 12.0. The zero-order valence-electron chi connectivity index (χ0n) is 16.8. The Bertz CT molecular complexity index is 1030. The Kier molecular flexibility index (Phi) is 6.66. The van der Waals surface area contributed by atoms with Crippen LogP contribution in [0.2, 0.25) is 0 Å². The first kappa shape index (κ1) is 20.9. The standard InChI is InChI=1S/C21H22N4O5/c1-28-17-9-8-16(12-18(17)29-2)25-19(10-11-22-25)24-21(26)20(30-3)15-6-4-14(5-7-15)13-23-27/h4-13,20,27H,1-3H3,(H,24,26). The lowest BCUT2D eigenvalue weighted by Crippen LogP contribution is -2.24. The maximum atomic E-state index is 12.9. The second-order valence-electron chi connectivity index (χ2n) is 6.18. The Morgan fingerprint density at radius 3 is 2.47 bits per heavy atom. The molecule has 3 aromatic rings. The van der Waals surface area contributed by atoms with Crippen LogP contribution in [0.15, 0.2) is 59.9 Å². The molecule has 1 heterocycles. The van der Waals surface area contributed by atoms with Gasteiger partial charge in [-0.25, -0.2) is 4.68 Å². The van der Waals surface area contributed by atoms with Crippen molar-refractivity contribution in [2.24, 2.45) is 5.16 Å². The van der Waals surface area contributed by atoms with Crippen LogP contribution >= 0.6 is 0 Å². The zero-order valence-corrected chi connectivity index (χ0v) is 16.8. The molecule has 0 fully saturated rings. The third kappa shape index (κ3) is 4.41. The molecule has 1 unspecified atom stereocenters. The summed E-state index contributed by atoms with van der Waals surface area (Å²) in [7, 11) is 4.57. The van der Waals surface area contributed by atoms with Crippen molar-refractivity contribution in [3.63, 3.8) is 0 Å². The van der Waals surface area contributed by atoms with Crippen LogP contribution in [0.25, 0.3) is 5.69 Å². The van der Waals surface area contributed by atoms with E-state index in [9.17, 15) is 4.79 Å². The third-order valence-corrected chi connectivity index (χ3v) is 4.43. The summed E-state index contributed by atoms with van der Waals surface area (Å²) >= 11 is 0. The van der Waals surface area contributed by atoms with Crippen molar-refractivity contribution in [3.8, 4) is 17.2 Å². The van der Waals surface area contributed by atoms with Crippen molar-refractivity contribution in [3.05, 3.63) is 65.9 Å². The molecule has 1 atom stereocenters. The molecule has 0 spiro atoms. The molecule has 0 saturated carbocycles. The van der Waals surface area contributed by atoms with Crippen LogP contribution in [0.1, 0.15) is 17.2 Å². The van der Waals surface area contributed by atoms with Crippen molar-refractivity contribution in [2.45, 2.75) is 6.10 Å². The van der Waals surface area contributed by atoms with Gasteiger partial charge in [-0.3, -0.25) is 4.79 Å². The number of oxime groups is 1. The lowest BCUT2D eigenvalue weighted by atomic mass is 10.1. The first-order chi connectivity index (χ1) is 14.6. The molecule has 1 aromatic heterocycles. The molecule has 0 aliphatic carbocycles. The van der Waals surface area contributed by atoms with Gasteiger partial charge in [0.2, 0.25) is 0 Å². The lowest BCUT2D eigenvalue weighted by Gasteiger charge is -2.17. The molecule has 2 aromatic carbocycles. The Morgan fingerprint density at radius 2 is 1.83 bits per heavy atom. The fraction of sp³-hybridized carbons (Fsp3) is 0.190. The van der Waals surface area contributed by atoms with E-state index in [-0.39, 0.29) is 5.91 Å². The molecule has 156 valence electrons. The van der Waals surface area contributed by atoms with Crippen molar-refractivity contribution >= 4 is 17.9 Å². The number of ether oxygens (including phenoxy) is 3. The average molecular weight is 410 g/mol. The van der Waals surface area contributed by atoms with Gasteiger partial charge < -0.3 is 24.7 Å². The number of hydrogen-bond donors (Lipinski definition) is 2. The van der Waals surface area contributed by atoms with Gasteiger partial charge in [0.15, 0.2) is 17.6 Å². The topological polar surface area (TPSA) is 107 Å². The van der Waals surface area contributed by atoms with Crippen LogP contribution in [0, 0.1) is 0 Å². The second kappa shape index (κ2) is 9.57. The van der Waals surface area contributed by atoms with Crippen LogP contribution < -0.4 is 14.8 Å². The van der Waals surface area contributed by atoms with E-state index in [4.69, 9.17) is 19.4 Å². The van der Waals surface area contributed by atoms with Crippen LogP contribution in [-0.2, 0) is 9.53 Å². The summed E-state index contributed by atoms with van der Waals surface area (Å²) in [6.45, 7) is 0. The molecule has 9 heteroatoms. The molecule has 1 amide bonds. The van der Waals surface area contributed by atoms with Crippen molar-refractivity contribution in [1.29, 1.82) is 0 Å². The minimum atomic E-state index is -0.834. The van der Waals surface area contributed by atoms with Gasteiger partial charge in [0.25, 0.3) is 5.91 Å². The molecule has 30 heavy (non-hydrogen) atoms. The van der Waals surface area contributed by atoms with E-state index >= 15 is 0 Å². The van der Waals surface area contributed by atoms with E-state index in [1.54, 1.807) is 73.6 Å². The Balaban J connectivity index is 1.83. The number of methoxy groups -OCH3 is 3. The highest BCUT2D eigenvalue weighted by Gasteiger charge is 2.22. The molecule has 3 rings (SSSR count). The summed E-state index contributed by atoms with van der Waals surface area (Å²) in [5, 5.41) is 18.7. The molecule has 0 radical (unpaired) electrons. The number of carbonyl (C=O) groups is 1. The average Bonchev–Trinajstić information content (AvgIpc) is 3.23. The first-order valence-corrected chi connectivity index (χ1v) is 8.98. The van der Waals surface area contributed by atoms with E-state index in [1.807, 2.05) is 0 Å². The van der Waals surface area contributed by atoms with Gasteiger partial charge in [-0.15, -0.1) is 0 Å². The predicted octanol–water partition coefficient (Wildman–Crippen LogP) is 3.02. The summed E-state index contributed by atoms with van der Waals surface area (Å²) in [4.78, 5) is 12.9. The minimum Gasteiger partial charge on any atom is -0.493 e. The molecule has 2 N–H and O–H groups in total. The SMILES string of the molecule is COc1ccc(-n2nccc2NC(=O)C(OC)c2ccc(C=NO)cc2)cc1OC. The number of hydrogen-bond acceptors (Lipinski definition) is 7. The van der Waals surface area contributed by atoms with Crippen LogP contribution in [-0.4, -0.2) is 48.4 Å². The van der Waals surface area contributed by atoms with Gasteiger partial charge in [0.1, 0.15) is 5.82 Å². The summed E-state index contributed by atoms with van der Waals surface area (Å²) in [5.74, 6) is 1.25. The second-order valence-corrected chi connectivity index (χ2v) is 6.18. The van der Waals surface area contributed by atoms with Gasteiger partial charge in [-0.1, -0.05) is 29.4 Å². The van der Waals surface area contributed by atoms with E-state index in [0.717, 1.165) is 0 Å². The smallest absolute Gasteiger partial charge is 0.259 e. The van der Waals surface area contributed by atoms with E-state index < -0.39 is 6.10 Å². The molecule has 0 bridgehead atoms. The maximum Gasteiger partial charge on any atom is 0.259 e. The number of rotatable bonds is 8. The fourth-order valence-corrected chi connectivity index (χ4v) is 2.97. The van der Waals surface area contributed by atoms with E-state index in [2.05, 4.69) is 15.6 Å². The fourth-order valence-electron chi connectivity index (χ4n) is 2.97. The van der Waals surface area contributed by atoms with E-state index in [0.29, 0.717) is 34.1 Å². The quantitative estimate of drug-likeness (QED) is 0.336. The summed E-state index contributed by atoms with van der Waals surface area (Å²) in [6.07, 6.45) is 2.05. The molecule has 0 aliphatic heterocycles.